The minimum Gasteiger partial charge on any atom is -0.367 e. The van der Waals surface area contributed by atoms with Crippen LogP contribution >= 0.6 is 27.5 Å². The van der Waals surface area contributed by atoms with E-state index in [1.54, 1.807) is 36.4 Å². The average Bonchev–Trinajstić information content (AvgIpc) is 2.62. The van der Waals surface area contributed by atoms with Crippen molar-refractivity contribution < 1.29 is 8.42 Å². The van der Waals surface area contributed by atoms with Crippen LogP contribution < -0.4 is 9.62 Å². The molecule has 1 N–H and O–H groups in total. The van der Waals surface area contributed by atoms with Gasteiger partial charge in [-0.2, -0.15) is 0 Å². The van der Waals surface area contributed by atoms with Gasteiger partial charge in [0, 0.05) is 35.7 Å². The Bertz CT molecular complexity index is 884. The van der Waals surface area contributed by atoms with Gasteiger partial charge in [0.2, 0.25) is 0 Å². The summed E-state index contributed by atoms with van der Waals surface area (Å²) in [5.74, 6) is 0. The highest BCUT2D eigenvalue weighted by Crippen LogP contribution is 2.33. The molecule has 2 aromatic rings. The van der Waals surface area contributed by atoms with Gasteiger partial charge in [-0.3, -0.25) is 4.72 Å². The summed E-state index contributed by atoms with van der Waals surface area (Å²) in [6.45, 7) is 6.77. The Kier molecular flexibility index (Phi) is 6.12. The maximum atomic E-state index is 12.9. The maximum Gasteiger partial charge on any atom is 0.263 e. The highest BCUT2D eigenvalue weighted by Gasteiger charge is 2.23. The summed E-state index contributed by atoms with van der Waals surface area (Å²) in [5.41, 5.74) is 1.35. The third-order valence-electron chi connectivity index (χ3n) is 4.49. The van der Waals surface area contributed by atoms with E-state index in [9.17, 15) is 8.42 Å². The number of piperazine rings is 1. The van der Waals surface area contributed by atoms with Crippen molar-refractivity contribution in [3.63, 3.8) is 0 Å². The first-order valence-corrected chi connectivity index (χ1v) is 11.1. The standard InChI is InChI=1S/C18H21BrClN3O2S/c1-2-22-9-11-23(12-10-22)17-8-7-14(20)13-16(17)21-26(24,25)18-6-4-3-5-15(18)19/h3-8,13,21H,2,9-12H2,1H3. The molecule has 0 bridgehead atoms. The van der Waals surface area contributed by atoms with Crippen molar-refractivity contribution in [2.75, 3.05) is 42.3 Å². The second-order valence-corrected chi connectivity index (χ2v) is 9.06. The fourth-order valence-corrected chi connectivity index (χ4v) is 5.27. The summed E-state index contributed by atoms with van der Waals surface area (Å²) in [6.07, 6.45) is 0. The summed E-state index contributed by atoms with van der Waals surface area (Å²) in [4.78, 5) is 4.76. The largest absolute Gasteiger partial charge is 0.367 e. The van der Waals surface area contributed by atoms with E-state index in [1.807, 2.05) is 6.07 Å². The molecular formula is C18H21BrClN3O2S. The molecule has 1 fully saturated rings. The maximum absolute atomic E-state index is 12.9. The topological polar surface area (TPSA) is 52.6 Å². The van der Waals surface area contributed by atoms with Crippen LogP contribution in [0, 0.1) is 0 Å². The van der Waals surface area contributed by atoms with Crippen LogP contribution in [0.3, 0.4) is 0 Å². The third kappa shape index (κ3) is 4.34. The van der Waals surface area contributed by atoms with Gasteiger partial charge in [-0.1, -0.05) is 30.7 Å². The van der Waals surface area contributed by atoms with Crippen LogP contribution in [0.4, 0.5) is 11.4 Å². The Morgan fingerprint density at radius 2 is 1.81 bits per heavy atom. The van der Waals surface area contributed by atoms with Gasteiger partial charge in [-0.15, -0.1) is 0 Å². The molecule has 0 atom stereocenters. The lowest BCUT2D eigenvalue weighted by Gasteiger charge is -2.36. The van der Waals surface area contributed by atoms with Crippen LogP contribution in [-0.4, -0.2) is 46.0 Å². The smallest absolute Gasteiger partial charge is 0.263 e. The van der Waals surface area contributed by atoms with Crippen molar-refractivity contribution in [3.05, 3.63) is 52.0 Å². The minimum atomic E-state index is -3.73. The van der Waals surface area contributed by atoms with Crippen molar-refractivity contribution in [1.82, 2.24) is 4.90 Å². The Hall–Kier alpha value is -1.28. The molecule has 8 heteroatoms. The zero-order chi connectivity index (χ0) is 18.7. The highest BCUT2D eigenvalue weighted by molar-refractivity contribution is 9.10. The van der Waals surface area contributed by atoms with Crippen molar-refractivity contribution >= 4 is 48.9 Å². The van der Waals surface area contributed by atoms with E-state index < -0.39 is 10.0 Å². The van der Waals surface area contributed by atoms with E-state index in [1.165, 1.54) is 0 Å². The normalized spacial score (nSPS) is 15.9. The first-order valence-electron chi connectivity index (χ1n) is 8.45. The molecule has 0 aliphatic carbocycles. The first kappa shape index (κ1) is 19.5. The van der Waals surface area contributed by atoms with Crippen LogP contribution in [0.5, 0.6) is 0 Å². The molecule has 5 nitrogen and oxygen atoms in total. The molecule has 3 rings (SSSR count). The van der Waals surface area contributed by atoms with Crippen LogP contribution in [0.2, 0.25) is 5.02 Å². The first-order chi connectivity index (χ1) is 12.4. The second kappa shape index (κ2) is 8.17. The number of nitrogens with zero attached hydrogens (tertiary/aromatic N) is 2. The lowest BCUT2D eigenvalue weighted by Crippen LogP contribution is -2.46. The number of halogens is 2. The fourth-order valence-electron chi connectivity index (χ4n) is 3.03. The zero-order valence-corrected chi connectivity index (χ0v) is 17.6. The lowest BCUT2D eigenvalue weighted by atomic mass is 10.2. The predicted molar refractivity (Wildman–Crippen MR) is 111 cm³/mol. The molecule has 0 radical (unpaired) electrons. The number of nitrogens with one attached hydrogen (secondary N) is 1. The molecule has 1 heterocycles. The predicted octanol–water partition coefficient (Wildman–Crippen LogP) is 4.05. The molecule has 0 unspecified atom stereocenters. The van der Waals surface area contributed by atoms with E-state index in [4.69, 9.17) is 11.6 Å². The van der Waals surface area contributed by atoms with E-state index in [-0.39, 0.29) is 4.90 Å². The number of likely N-dealkylation sites (N-methyl/N-ethyl adjacent to an activating group) is 1. The third-order valence-corrected chi connectivity index (χ3v) is 7.10. The number of rotatable bonds is 5. The minimum absolute atomic E-state index is 0.196. The van der Waals surface area contributed by atoms with Gasteiger partial charge in [-0.05, 0) is 52.8 Å². The van der Waals surface area contributed by atoms with Gasteiger partial charge in [-0.25, -0.2) is 8.42 Å². The van der Waals surface area contributed by atoms with Crippen LogP contribution in [0.1, 0.15) is 6.92 Å². The Balaban J connectivity index is 1.91. The molecule has 0 saturated carbocycles. The SMILES string of the molecule is CCN1CCN(c2ccc(Cl)cc2NS(=O)(=O)c2ccccc2Br)CC1. The molecule has 0 spiro atoms. The Morgan fingerprint density at radius 3 is 2.46 bits per heavy atom. The van der Waals surface area contributed by atoms with Crippen molar-refractivity contribution in [1.29, 1.82) is 0 Å². The second-order valence-electron chi connectivity index (χ2n) is 6.12. The molecule has 1 aliphatic rings. The number of benzene rings is 2. The van der Waals surface area contributed by atoms with Gasteiger partial charge in [0.05, 0.1) is 11.4 Å². The monoisotopic (exact) mass is 457 g/mol. The van der Waals surface area contributed by atoms with E-state index >= 15 is 0 Å². The van der Waals surface area contributed by atoms with E-state index in [0.717, 1.165) is 38.4 Å². The van der Waals surface area contributed by atoms with Crippen LogP contribution in [-0.2, 0) is 10.0 Å². The molecular weight excluding hydrogens is 438 g/mol. The summed E-state index contributed by atoms with van der Waals surface area (Å²) < 4.78 is 28.9. The van der Waals surface area contributed by atoms with Crippen molar-refractivity contribution in [2.45, 2.75) is 11.8 Å². The van der Waals surface area contributed by atoms with E-state index in [0.29, 0.717) is 15.2 Å². The quantitative estimate of drug-likeness (QED) is 0.734. The molecule has 0 amide bonds. The Morgan fingerprint density at radius 1 is 1.12 bits per heavy atom. The molecule has 1 saturated heterocycles. The molecule has 26 heavy (non-hydrogen) atoms. The molecule has 1 aliphatic heterocycles. The number of hydrogen-bond acceptors (Lipinski definition) is 4. The number of anilines is 2. The van der Waals surface area contributed by atoms with Crippen molar-refractivity contribution in [3.8, 4) is 0 Å². The van der Waals surface area contributed by atoms with Gasteiger partial charge >= 0.3 is 0 Å². The molecule has 140 valence electrons. The summed E-state index contributed by atoms with van der Waals surface area (Å²) in [5, 5.41) is 0.491. The lowest BCUT2D eigenvalue weighted by molar-refractivity contribution is 0.271. The Labute approximate surface area is 168 Å². The van der Waals surface area contributed by atoms with Gasteiger partial charge < -0.3 is 9.80 Å². The molecule has 0 aromatic heterocycles. The van der Waals surface area contributed by atoms with Crippen LogP contribution in [0.25, 0.3) is 0 Å². The van der Waals surface area contributed by atoms with Gasteiger partial charge in [0.1, 0.15) is 4.90 Å². The summed E-state index contributed by atoms with van der Waals surface area (Å²) in [6, 6.07) is 12.1. The average molecular weight is 459 g/mol. The zero-order valence-electron chi connectivity index (χ0n) is 14.5. The summed E-state index contributed by atoms with van der Waals surface area (Å²) in [7, 11) is -3.73. The molecule has 2 aromatic carbocycles. The van der Waals surface area contributed by atoms with Crippen molar-refractivity contribution in [2.24, 2.45) is 0 Å². The fraction of sp³-hybridized carbons (Fsp3) is 0.333. The number of hydrogen-bond donors (Lipinski definition) is 1. The van der Waals surface area contributed by atoms with Gasteiger partial charge in [0.25, 0.3) is 10.0 Å². The van der Waals surface area contributed by atoms with Gasteiger partial charge in [0.15, 0.2) is 0 Å². The van der Waals surface area contributed by atoms with Crippen LogP contribution in [0.15, 0.2) is 51.8 Å². The van der Waals surface area contributed by atoms with E-state index in [2.05, 4.69) is 37.4 Å². The summed E-state index contributed by atoms with van der Waals surface area (Å²) >= 11 is 9.45. The number of sulfonamides is 1. The highest BCUT2D eigenvalue weighted by atomic mass is 79.9.